The largest absolute Gasteiger partial charge is 0.373 e. The third-order valence-electron chi connectivity index (χ3n) is 6.02. The van der Waals surface area contributed by atoms with Crippen molar-refractivity contribution < 1.29 is 17.9 Å². The molecule has 0 spiro atoms. The number of amides is 1. The summed E-state index contributed by atoms with van der Waals surface area (Å²) in [6.07, 6.45) is 2.98. The molecule has 5 rings (SSSR count). The Morgan fingerprint density at radius 3 is 2.49 bits per heavy atom. The minimum atomic E-state index is -3.72. The maximum Gasteiger partial charge on any atom is 0.260 e. The molecule has 1 saturated heterocycles. The van der Waals surface area contributed by atoms with E-state index in [2.05, 4.69) is 9.97 Å². The third kappa shape index (κ3) is 5.39. The van der Waals surface area contributed by atoms with Gasteiger partial charge in [0.05, 0.1) is 33.4 Å². The van der Waals surface area contributed by atoms with Crippen molar-refractivity contribution in [3.8, 4) is 0 Å². The molecule has 8 nitrogen and oxygen atoms in total. The van der Waals surface area contributed by atoms with E-state index in [1.54, 1.807) is 41.6 Å². The summed E-state index contributed by atoms with van der Waals surface area (Å²) in [6.45, 7) is 4.52. The summed E-state index contributed by atoms with van der Waals surface area (Å²) < 4.78 is 34.4. The molecule has 1 fully saturated rings. The van der Waals surface area contributed by atoms with Crippen LogP contribution in [0.5, 0.6) is 0 Å². The quantitative estimate of drug-likeness (QED) is 0.332. The number of aromatic nitrogens is 2. The number of anilines is 1. The number of halogens is 1. The van der Waals surface area contributed by atoms with Gasteiger partial charge in [0.25, 0.3) is 5.91 Å². The van der Waals surface area contributed by atoms with Gasteiger partial charge < -0.3 is 4.74 Å². The molecule has 1 aliphatic heterocycles. The highest BCUT2D eigenvalue weighted by Gasteiger charge is 2.32. The van der Waals surface area contributed by atoms with Gasteiger partial charge in [-0.1, -0.05) is 35.1 Å². The standard InChI is InChI=1S/C26H25ClN4O4S2/c1-17-14-30(15-18(2)35-17)37(33,34)21-10-8-20(9-11-21)25(32)31(16-19-5-4-12-28-13-19)26-29-24-22(27)6-3-7-23(24)36-26/h3-13,17-18H,14-16H2,1-2H3. The number of hydrogen-bond donors (Lipinski definition) is 0. The molecule has 192 valence electrons. The topological polar surface area (TPSA) is 92.7 Å². The third-order valence-corrected chi connectivity index (χ3v) is 9.22. The van der Waals surface area contributed by atoms with Crippen LogP contribution in [-0.2, 0) is 21.3 Å². The Morgan fingerprint density at radius 2 is 1.84 bits per heavy atom. The minimum absolute atomic E-state index is 0.135. The second-order valence-electron chi connectivity index (χ2n) is 8.94. The van der Waals surface area contributed by atoms with Crippen molar-refractivity contribution >= 4 is 54.2 Å². The predicted molar refractivity (Wildman–Crippen MR) is 145 cm³/mol. The highest BCUT2D eigenvalue weighted by Crippen LogP contribution is 2.34. The molecule has 2 aromatic heterocycles. The summed E-state index contributed by atoms with van der Waals surface area (Å²) >= 11 is 7.70. The molecule has 1 amide bonds. The van der Waals surface area contributed by atoms with Crippen LogP contribution < -0.4 is 4.90 Å². The van der Waals surface area contributed by atoms with Crippen LogP contribution in [0.2, 0.25) is 5.02 Å². The molecule has 4 aromatic rings. The van der Waals surface area contributed by atoms with E-state index < -0.39 is 10.0 Å². The molecule has 2 aromatic carbocycles. The van der Waals surface area contributed by atoms with Crippen molar-refractivity contribution in [2.75, 3.05) is 18.0 Å². The molecule has 2 atom stereocenters. The SMILES string of the molecule is CC1CN(S(=O)(=O)c2ccc(C(=O)N(Cc3cccnc3)c3nc4c(Cl)cccc4s3)cc2)CC(C)O1. The smallest absolute Gasteiger partial charge is 0.260 e. The number of nitrogens with zero attached hydrogens (tertiary/aromatic N) is 4. The first kappa shape index (κ1) is 25.7. The lowest BCUT2D eigenvalue weighted by Crippen LogP contribution is -2.48. The number of fused-ring (bicyclic) bond motifs is 1. The molecule has 0 bridgehead atoms. The Bertz CT molecular complexity index is 1520. The average molecular weight is 557 g/mol. The fraction of sp³-hybridized carbons (Fsp3) is 0.269. The second kappa shape index (κ2) is 10.5. The molecule has 0 saturated carbocycles. The zero-order valence-electron chi connectivity index (χ0n) is 20.2. The Kier molecular flexibility index (Phi) is 7.28. The van der Waals surface area contributed by atoms with Gasteiger partial charge in [-0.15, -0.1) is 0 Å². The van der Waals surface area contributed by atoms with Gasteiger partial charge in [0.15, 0.2) is 5.13 Å². The molecule has 0 radical (unpaired) electrons. The van der Waals surface area contributed by atoms with E-state index >= 15 is 0 Å². The summed E-state index contributed by atoms with van der Waals surface area (Å²) in [5.41, 5.74) is 1.80. The summed E-state index contributed by atoms with van der Waals surface area (Å²) in [5, 5.41) is 1.00. The summed E-state index contributed by atoms with van der Waals surface area (Å²) in [7, 11) is -3.72. The zero-order valence-corrected chi connectivity index (χ0v) is 22.6. The van der Waals surface area contributed by atoms with Gasteiger partial charge in [0.1, 0.15) is 5.52 Å². The minimum Gasteiger partial charge on any atom is -0.373 e. The summed E-state index contributed by atoms with van der Waals surface area (Å²) in [6, 6.07) is 15.2. The molecule has 1 aliphatic rings. The number of rotatable bonds is 6. The van der Waals surface area contributed by atoms with Crippen molar-refractivity contribution in [2.45, 2.75) is 37.5 Å². The average Bonchev–Trinajstić information content (AvgIpc) is 3.32. The summed E-state index contributed by atoms with van der Waals surface area (Å²) in [4.78, 5) is 24.2. The highest BCUT2D eigenvalue weighted by molar-refractivity contribution is 7.89. The van der Waals surface area contributed by atoms with Gasteiger partial charge in [-0.25, -0.2) is 13.4 Å². The number of ether oxygens (including phenoxy) is 1. The highest BCUT2D eigenvalue weighted by atomic mass is 35.5. The molecule has 0 N–H and O–H groups in total. The van der Waals surface area contributed by atoms with Gasteiger partial charge in [-0.3, -0.25) is 14.7 Å². The van der Waals surface area contributed by atoms with Crippen LogP contribution in [0.1, 0.15) is 29.8 Å². The maximum atomic E-state index is 13.7. The fourth-order valence-corrected chi connectivity index (χ4v) is 7.17. The van der Waals surface area contributed by atoms with Crippen LogP contribution in [0.25, 0.3) is 10.2 Å². The molecule has 37 heavy (non-hydrogen) atoms. The molecule has 3 heterocycles. The van der Waals surface area contributed by atoms with Gasteiger partial charge in [0, 0.05) is 31.0 Å². The second-order valence-corrected chi connectivity index (χ2v) is 12.3. The number of hydrogen-bond acceptors (Lipinski definition) is 7. The normalized spacial score (nSPS) is 18.7. The number of benzene rings is 2. The molecule has 2 unspecified atom stereocenters. The Labute approximate surface area is 224 Å². The fourth-order valence-electron chi connectivity index (χ4n) is 4.32. The lowest BCUT2D eigenvalue weighted by molar-refractivity contribution is -0.0440. The van der Waals surface area contributed by atoms with E-state index in [-0.39, 0.29) is 42.6 Å². The van der Waals surface area contributed by atoms with Crippen LogP contribution in [0.4, 0.5) is 5.13 Å². The first-order chi connectivity index (χ1) is 17.7. The van der Waals surface area contributed by atoms with Crippen molar-refractivity contribution in [1.82, 2.24) is 14.3 Å². The van der Waals surface area contributed by atoms with E-state index in [0.29, 0.717) is 21.2 Å². The van der Waals surface area contributed by atoms with Crippen molar-refractivity contribution in [2.24, 2.45) is 0 Å². The van der Waals surface area contributed by atoms with E-state index in [4.69, 9.17) is 16.3 Å². The van der Waals surface area contributed by atoms with E-state index in [1.165, 1.54) is 27.8 Å². The maximum absolute atomic E-state index is 13.7. The van der Waals surface area contributed by atoms with Gasteiger partial charge in [-0.2, -0.15) is 4.31 Å². The number of morpholine rings is 1. The number of pyridine rings is 1. The monoisotopic (exact) mass is 556 g/mol. The van der Waals surface area contributed by atoms with E-state index in [1.807, 2.05) is 32.0 Å². The first-order valence-electron chi connectivity index (χ1n) is 11.7. The van der Waals surface area contributed by atoms with Crippen LogP contribution in [0.15, 0.2) is 71.9 Å². The van der Waals surface area contributed by atoms with E-state index in [9.17, 15) is 13.2 Å². The molecule has 0 aliphatic carbocycles. The lowest BCUT2D eigenvalue weighted by Gasteiger charge is -2.34. The number of sulfonamides is 1. The van der Waals surface area contributed by atoms with Crippen LogP contribution in [0, 0.1) is 0 Å². The molecular weight excluding hydrogens is 532 g/mol. The lowest BCUT2D eigenvalue weighted by atomic mass is 10.2. The zero-order chi connectivity index (χ0) is 26.2. The van der Waals surface area contributed by atoms with Gasteiger partial charge in [0.2, 0.25) is 10.0 Å². The molecule has 11 heteroatoms. The summed E-state index contributed by atoms with van der Waals surface area (Å²) in [5.74, 6) is -0.309. The Hall–Kier alpha value is -2.89. The van der Waals surface area contributed by atoms with Crippen molar-refractivity contribution in [1.29, 1.82) is 0 Å². The van der Waals surface area contributed by atoms with Crippen molar-refractivity contribution in [3.63, 3.8) is 0 Å². The van der Waals surface area contributed by atoms with Crippen molar-refractivity contribution in [3.05, 3.63) is 83.1 Å². The number of para-hydroxylation sites is 1. The molecular formula is C26H25ClN4O4S2. The number of carbonyl (C=O) groups excluding carboxylic acids is 1. The predicted octanol–water partition coefficient (Wildman–Crippen LogP) is 4.99. The van der Waals surface area contributed by atoms with Crippen LogP contribution in [-0.4, -0.2) is 53.9 Å². The number of thiazole rings is 1. The number of carbonyl (C=O) groups is 1. The Morgan fingerprint density at radius 1 is 1.11 bits per heavy atom. The van der Waals surface area contributed by atoms with Gasteiger partial charge >= 0.3 is 0 Å². The first-order valence-corrected chi connectivity index (χ1v) is 14.4. The van der Waals surface area contributed by atoms with E-state index in [0.717, 1.165) is 10.3 Å². The van der Waals surface area contributed by atoms with Crippen LogP contribution in [0.3, 0.4) is 0 Å². The van der Waals surface area contributed by atoms with Crippen LogP contribution >= 0.6 is 22.9 Å². The van der Waals surface area contributed by atoms with Gasteiger partial charge in [-0.05, 0) is 61.9 Å². The Balaban J connectivity index is 1.46.